The van der Waals surface area contributed by atoms with Crippen LogP contribution in [0.5, 0.6) is 0 Å². The monoisotopic (exact) mass is 213 g/mol. The molecule has 0 saturated carbocycles. The highest BCUT2D eigenvalue weighted by atomic mass is 16.4. The van der Waals surface area contributed by atoms with Gasteiger partial charge in [-0.15, -0.1) is 0 Å². The van der Waals surface area contributed by atoms with Gasteiger partial charge in [-0.3, -0.25) is 0 Å². The summed E-state index contributed by atoms with van der Waals surface area (Å²) in [5, 5.41) is 16.7. The van der Waals surface area contributed by atoms with Crippen molar-refractivity contribution >= 4 is 11.7 Å². The number of azo groups is 1. The van der Waals surface area contributed by atoms with E-state index in [0.29, 0.717) is 6.42 Å². The summed E-state index contributed by atoms with van der Waals surface area (Å²) in [6.45, 7) is 0. The second-order valence-electron chi connectivity index (χ2n) is 3.84. The summed E-state index contributed by atoms with van der Waals surface area (Å²) in [4.78, 5) is 10.9. The van der Waals surface area contributed by atoms with E-state index >= 15 is 0 Å². The molecule has 1 aromatic rings. The van der Waals surface area contributed by atoms with Gasteiger partial charge in [0.15, 0.2) is 0 Å². The Morgan fingerprint density at radius 3 is 2.81 bits per heavy atom. The number of hydrogen-bond acceptors (Lipinski definition) is 3. The highest BCUT2D eigenvalue weighted by molar-refractivity contribution is 5.93. The van der Waals surface area contributed by atoms with E-state index in [9.17, 15) is 4.79 Å². The molecule has 3 rings (SSSR count). The number of aryl methyl sites for hydroxylation is 1. The molecule has 1 aliphatic heterocycles. The molecule has 4 heteroatoms. The van der Waals surface area contributed by atoms with Crippen LogP contribution in [0.3, 0.4) is 0 Å². The van der Waals surface area contributed by atoms with Crippen molar-refractivity contribution in [3.63, 3.8) is 0 Å². The fraction of sp³-hybridized carbons (Fsp3) is 0.167. The number of carboxylic acids is 1. The van der Waals surface area contributed by atoms with Gasteiger partial charge in [0.25, 0.3) is 0 Å². The zero-order valence-electron chi connectivity index (χ0n) is 8.47. The molecule has 2 aliphatic rings. The maximum atomic E-state index is 10.9. The number of hydrogen-bond donors (Lipinski definition) is 1. The molecule has 1 radical (unpaired) electrons. The van der Waals surface area contributed by atoms with Crippen molar-refractivity contribution in [2.24, 2.45) is 10.2 Å². The quantitative estimate of drug-likeness (QED) is 0.778. The molecule has 0 atom stereocenters. The van der Waals surface area contributed by atoms with Crippen LogP contribution < -0.4 is 0 Å². The lowest BCUT2D eigenvalue weighted by Crippen LogP contribution is -2.12. The Bertz CT molecular complexity index is 532. The van der Waals surface area contributed by atoms with E-state index in [0.717, 1.165) is 23.3 Å². The Labute approximate surface area is 92.3 Å². The van der Waals surface area contributed by atoms with Crippen molar-refractivity contribution in [2.75, 3.05) is 0 Å². The van der Waals surface area contributed by atoms with Crippen molar-refractivity contribution < 1.29 is 9.90 Å². The molecule has 0 spiro atoms. The first-order valence-electron chi connectivity index (χ1n) is 5.11. The van der Waals surface area contributed by atoms with E-state index < -0.39 is 5.97 Å². The van der Waals surface area contributed by atoms with Crippen molar-refractivity contribution in [3.8, 4) is 0 Å². The van der Waals surface area contributed by atoms with Crippen molar-refractivity contribution in [3.05, 3.63) is 47.0 Å². The van der Waals surface area contributed by atoms with Gasteiger partial charge in [-0.1, -0.05) is 24.3 Å². The average Bonchev–Trinajstić information content (AvgIpc) is 2.73. The molecular formula is C12H9N2O2. The summed E-state index contributed by atoms with van der Waals surface area (Å²) in [5.41, 5.74) is 3.74. The Balaban J connectivity index is 2.13. The standard InChI is InChI=1S/C12H9N2O2/c15-12(16)11-9-6-5-7-3-1-2-4-8(7)10(9)13-14-11/h1-4H,5-6H2,(H,15,16). The molecule has 16 heavy (non-hydrogen) atoms. The molecule has 1 aliphatic carbocycles. The first-order chi connectivity index (χ1) is 7.77. The van der Waals surface area contributed by atoms with E-state index in [1.807, 2.05) is 24.3 Å². The van der Waals surface area contributed by atoms with Crippen LogP contribution in [-0.2, 0) is 11.2 Å². The molecule has 1 N–H and O–H groups in total. The zero-order valence-corrected chi connectivity index (χ0v) is 8.47. The smallest absolute Gasteiger partial charge is 0.341 e. The van der Waals surface area contributed by atoms with Gasteiger partial charge in [-0.2, -0.15) is 10.2 Å². The Morgan fingerprint density at radius 2 is 2.00 bits per heavy atom. The third kappa shape index (κ3) is 1.19. The molecule has 79 valence electrons. The maximum Gasteiger partial charge on any atom is 0.341 e. The summed E-state index contributed by atoms with van der Waals surface area (Å²) >= 11 is 0. The van der Waals surface area contributed by atoms with Crippen LogP contribution in [0.15, 0.2) is 40.1 Å². The Morgan fingerprint density at radius 1 is 1.19 bits per heavy atom. The molecule has 0 unspecified atom stereocenters. The van der Waals surface area contributed by atoms with Gasteiger partial charge in [-0.25, -0.2) is 4.79 Å². The second kappa shape index (κ2) is 3.27. The van der Waals surface area contributed by atoms with Crippen molar-refractivity contribution in [2.45, 2.75) is 12.8 Å². The van der Waals surface area contributed by atoms with Crippen LogP contribution in [-0.4, -0.2) is 11.1 Å². The van der Waals surface area contributed by atoms with E-state index in [1.54, 1.807) is 0 Å². The molecule has 0 fully saturated rings. The van der Waals surface area contributed by atoms with Gasteiger partial charge in [0.2, 0.25) is 6.04 Å². The largest absolute Gasteiger partial charge is 0.479 e. The summed E-state index contributed by atoms with van der Waals surface area (Å²) in [6.07, 6.45) is 1.57. The van der Waals surface area contributed by atoms with E-state index in [4.69, 9.17) is 5.11 Å². The van der Waals surface area contributed by atoms with Gasteiger partial charge < -0.3 is 5.11 Å². The van der Waals surface area contributed by atoms with E-state index in [1.165, 1.54) is 5.56 Å². The van der Waals surface area contributed by atoms with Gasteiger partial charge >= 0.3 is 5.97 Å². The molecule has 1 heterocycles. The highest BCUT2D eigenvalue weighted by Gasteiger charge is 2.34. The fourth-order valence-corrected chi connectivity index (χ4v) is 2.19. The first-order valence-corrected chi connectivity index (χ1v) is 5.11. The highest BCUT2D eigenvalue weighted by Crippen LogP contribution is 2.41. The third-order valence-electron chi connectivity index (χ3n) is 2.94. The third-order valence-corrected chi connectivity index (χ3v) is 2.94. The summed E-state index contributed by atoms with van der Waals surface area (Å²) in [6, 6.07) is 8.03. The molecular weight excluding hydrogens is 204 g/mol. The summed E-state index contributed by atoms with van der Waals surface area (Å²) in [7, 11) is 0. The van der Waals surface area contributed by atoms with E-state index in [-0.39, 0.29) is 6.04 Å². The fourth-order valence-electron chi connectivity index (χ4n) is 2.19. The number of nitrogens with zero attached hydrogens (tertiary/aromatic N) is 2. The van der Waals surface area contributed by atoms with Gasteiger partial charge in [0.05, 0.1) is 5.70 Å². The number of rotatable bonds is 1. The Kier molecular flexibility index (Phi) is 1.89. The maximum absolute atomic E-state index is 10.9. The second-order valence-corrected chi connectivity index (χ2v) is 3.84. The first kappa shape index (κ1) is 9.27. The molecule has 0 bridgehead atoms. The minimum Gasteiger partial charge on any atom is -0.479 e. The van der Waals surface area contributed by atoms with Gasteiger partial charge in [0.1, 0.15) is 0 Å². The van der Waals surface area contributed by atoms with Crippen molar-refractivity contribution in [1.29, 1.82) is 0 Å². The zero-order chi connectivity index (χ0) is 11.1. The lowest BCUT2D eigenvalue weighted by atomic mass is 9.87. The number of fused-ring (bicyclic) bond motifs is 2. The van der Waals surface area contributed by atoms with Gasteiger partial charge in [0, 0.05) is 11.1 Å². The van der Waals surface area contributed by atoms with Gasteiger partial charge in [-0.05, 0) is 18.4 Å². The van der Waals surface area contributed by atoms with Crippen LogP contribution in [0, 0.1) is 6.04 Å². The number of benzene rings is 1. The molecule has 0 saturated heterocycles. The number of carbonyl (C=O) groups is 1. The van der Waals surface area contributed by atoms with E-state index in [2.05, 4.69) is 10.2 Å². The SMILES string of the molecule is O=C(O)[C]1N=NC2=C1CCc1ccccc12. The summed E-state index contributed by atoms with van der Waals surface area (Å²) in [5.74, 6) is -0.992. The molecule has 4 nitrogen and oxygen atoms in total. The van der Waals surface area contributed by atoms with Crippen LogP contribution in [0.1, 0.15) is 17.5 Å². The van der Waals surface area contributed by atoms with Crippen LogP contribution in [0.25, 0.3) is 5.70 Å². The lowest BCUT2D eigenvalue weighted by Gasteiger charge is -2.16. The predicted octanol–water partition coefficient (Wildman–Crippen LogP) is 2.43. The van der Waals surface area contributed by atoms with Crippen LogP contribution in [0.2, 0.25) is 0 Å². The lowest BCUT2D eigenvalue weighted by molar-refractivity contribution is -0.134. The van der Waals surface area contributed by atoms with Crippen LogP contribution in [0.4, 0.5) is 0 Å². The minimum atomic E-state index is -0.992. The molecule has 0 amide bonds. The predicted molar refractivity (Wildman–Crippen MR) is 57.4 cm³/mol. The normalized spacial score (nSPS) is 18.5. The minimum absolute atomic E-state index is 0.101. The average molecular weight is 213 g/mol. The Hall–Kier alpha value is -1.97. The molecule has 0 aromatic heterocycles. The van der Waals surface area contributed by atoms with Crippen LogP contribution >= 0.6 is 0 Å². The van der Waals surface area contributed by atoms with Crippen molar-refractivity contribution in [1.82, 2.24) is 0 Å². The number of carboxylic acid groups (broad SMARTS) is 1. The number of aliphatic carboxylic acids is 1. The summed E-state index contributed by atoms with van der Waals surface area (Å²) < 4.78 is 0. The molecule has 1 aromatic carbocycles. The topological polar surface area (TPSA) is 62.0 Å².